The van der Waals surface area contributed by atoms with Gasteiger partial charge in [0.2, 0.25) is 5.91 Å². The number of amides is 1. The van der Waals surface area contributed by atoms with Crippen LogP contribution in [0.4, 0.5) is 0 Å². The second-order valence-electron chi connectivity index (χ2n) is 10.0. The fourth-order valence-electron chi connectivity index (χ4n) is 7.81. The first kappa shape index (κ1) is 17.7. The van der Waals surface area contributed by atoms with Gasteiger partial charge in [-0.05, 0) is 68.3 Å². The Labute approximate surface area is 163 Å². The molecular weight excluding hydrogens is 332 g/mol. The van der Waals surface area contributed by atoms with Gasteiger partial charge in [0.15, 0.2) is 0 Å². The van der Waals surface area contributed by atoms with Crippen LogP contribution in [-0.2, 0) is 10.2 Å². The van der Waals surface area contributed by atoms with Crippen molar-refractivity contribution in [2.75, 3.05) is 13.1 Å². The molecule has 4 aliphatic rings. The fraction of sp³-hybridized carbons (Fsp3) is 0.708. The first-order valence-corrected chi connectivity index (χ1v) is 11.2. The van der Waals surface area contributed by atoms with E-state index >= 15 is 0 Å². The highest BCUT2D eigenvalue weighted by molar-refractivity contribution is 5.84. The molecule has 4 fully saturated rings. The fourth-order valence-corrected chi connectivity index (χ4v) is 7.81. The number of nitrogens with two attached hydrogens (primary N) is 1. The zero-order valence-corrected chi connectivity index (χ0v) is 16.8. The molecular formula is C24H34N2O. The molecule has 1 aromatic rings. The molecule has 5 unspecified atom stereocenters. The van der Waals surface area contributed by atoms with E-state index in [1.807, 2.05) is 0 Å². The maximum atomic E-state index is 13.8. The van der Waals surface area contributed by atoms with Crippen molar-refractivity contribution < 1.29 is 4.79 Å². The van der Waals surface area contributed by atoms with Gasteiger partial charge < -0.3 is 10.6 Å². The summed E-state index contributed by atoms with van der Waals surface area (Å²) in [6, 6.07) is 11.3. The molecule has 0 radical (unpaired) electrons. The Balaban J connectivity index is 1.53. The largest absolute Gasteiger partial charge is 0.341 e. The van der Waals surface area contributed by atoms with Gasteiger partial charge in [-0.15, -0.1) is 0 Å². The molecule has 3 saturated carbocycles. The average molecular weight is 367 g/mol. The summed E-state index contributed by atoms with van der Waals surface area (Å²) in [6.45, 7) is 3.92. The lowest BCUT2D eigenvalue weighted by molar-refractivity contribution is -0.144. The van der Waals surface area contributed by atoms with Crippen molar-refractivity contribution in [2.24, 2.45) is 22.5 Å². The van der Waals surface area contributed by atoms with Crippen LogP contribution in [0, 0.1) is 16.7 Å². The molecule has 1 spiro atoms. The molecule has 1 saturated heterocycles. The molecule has 27 heavy (non-hydrogen) atoms. The molecule has 2 N–H and O–H groups in total. The van der Waals surface area contributed by atoms with Crippen LogP contribution < -0.4 is 5.73 Å². The molecule has 0 aromatic heterocycles. The molecule has 146 valence electrons. The Morgan fingerprint density at radius 3 is 2.70 bits per heavy atom. The molecule has 0 bridgehead atoms. The normalized spacial score (nSPS) is 43.1. The van der Waals surface area contributed by atoms with E-state index in [0.717, 1.165) is 51.1 Å². The smallest absolute Gasteiger partial charge is 0.228 e. The van der Waals surface area contributed by atoms with E-state index in [4.69, 9.17) is 5.73 Å². The number of carbonyl (C=O) groups is 1. The third-order valence-corrected chi connectivity index (χ3v) is 9.00. The topological polar surface area (TPSA) is 46.3 Å². The van der Waals surface area contributed by atoms with Crippen LogP contribution in [-0.4, -0.2) is 29.9 Å². The monoisotopic (exact) mass is 366 g/mol. The summed E-state index contributed by atoms with van der Waals surface area (Å²) < 4.78 is 0. The van der Waals surface area contributed by atoms with Crippen molar-refractivity contribution in [3.05, 3.63) is 35.9 Å². The summed E-state index contributed by atoms with van der Waals surface area (Å²) in [4.78, 5) is 16.0. The highest BCUT2D eigenvalue weighted by Crippen LogP contribution is 2.79. The quantitative estimate of drug-likeness (QED) is 0.869. The van der Waals surface area contributed by atoms with Crippen molar-refractivity contribution in [3.8, 4) is 0 Å². The van der Waals surface area contributed by atoms with Gasteiger partial charge in [0.25, 0.3) is 0 Å². The number of likely N-dealkylation sites (tertiary alicyclic amines) is 1. The summed E-state index contributed by atoms with van der Waals surface area (Å²) in [7, 11) is 0. The van der Waals surface area contributed by atoms with Gasteiger partial charge in [-0.1, -0.05) is 43.7 Å². The van der Waals surface area contributed by atoms with Crippen molar-refractivity contribution in [3.63, 3.8) is 0 Å². The van der Waals surface area contributed by atoms with E-state index in [1.165, 1.54) is 31.2 Å². The minimum Gasteiger partial charge on any atom is -0.341 e. The number of hydrogen-bond donors (Lipinski definition) is 1. The Bertz CT molecular complexity index is 733. The predicted molar refractivity (Wildman–Crippen MR) is 108 cm³/mol. The van der Waals surface area contributed by atoms with E-state index in [-0.39, 0.29) is 16.9 Å². The van der Waals surface area contributed by atoms with Crippen LogP contribution >= 0.6 is 0 Å². The Kier molecular flexibility index (Phi) is 3.99. The minimum absolute atomic E-state index is 0.162. The van der Waals surface area contributed by atoms with Gasteiger partial charge in [0.05, 0.1) is 5.41 Å². The van der Waals surface area contributed by atoms with Gasteiger partial charge in [-0.25, -0.2) is 0 Å². The molecule has 1 heterocycles. The molecule has 5 rings (SSSR count). The zero-order chi connectivity index (χ0) is 18.7. The van der Waals surface area contributed by atoms with Crippen LogP contribution in [0.5, 0.6) is 0 Å². The molecule has 3 heteroatoms. The zero-order valence-electron chi connectivity index (χ0n) is 16.8. The molecule has 5 atom stereocenters. The van der Waals surface area contributed by atoms with E-state index in [1.54, 1.807) is 0 Å². The van der Waals surface area contributed by atoms with Gasteiger partial charge in [-0.2, -0.15) is 0 Å². The summed E-state index contributed by atoms with van der Waals surface area (Å²) >= 11 is 0. The van der Waals surface area contributed by atoms with E-state index < -0.39 is 0 Å². The maximum absolute atomic E-state index is 13.8. The summed E-state index contributed by atoms with van der Waals surface area (Å²) in [5, 5.41) is 0. The van der Waals surface area contributed by atoms with Gasteiger partial charge in [0.1, 0.15) is 0 Å². The second kappa shape index (κ2) is 6.07. The lowest BCUT2D eigenvalue weighted by atomic mass is 9.44. The second-order valence-corrected chi connectivity index (χ2v) is 10.0. The minimum atomic E-state index is -0.175. The van der Waals surface area contributed by atoms with Gasteiger partial charge in [-0.3, -0.25) is 4.79 Å². The predicted octanol–water partition coefficient (Wildman–Crippen LogP) is 4.25. The lowest BCUT2D eigenvalue weighted by Crippen LogP contribution is -2.55. The van der Waals surface area contributed by atoms with Crippen molar-refractivity contribution in [2.45, 2.75) is 76.2 Å². The Morgan fingerprint density at radius 2 is 2.00 bits per heavy atom. The molecule has 1 aromatic carbocycles. The third kappa shape index (κ3) is 2.27. The van der Waals surface area contributed by atoms with Crippen molar-refractivity contribution >= 4 is 5.91 Å². The first-order valence-electron chi connectivity index (χ1n) is 11.2. The van der Waals surface area contributed by atoms with Crippen LogP contribution in [0.1, 0.15) is 70.3 Å². The van der Waals surface area contributed by atoms with Crippen LogP contribution in [0.25, 0.3) is 0 Å². The molecule has 1 amide bonds. The number of carbonyl (C=O) groups excluding carboxylic acids is 1. The number of benzene rings is 1. The number of nitrogens with zero attached hydrogens (tertiary/aromatic N) is 1. The van der Waals surface area contributed by atoms with E-state index in [0.29, 0.717) is 11.3 Å². The standard InChI is InChI=1S/C24H34N2O/c1-2-22(21(27)26-13-7-11-20(25)15-26)16-23-12-6-10-19(23)14-24(23,17-22)18-8-4-3-5-9-18/h3-5,8-9,19-20H,2,6-7,10-17,25H2,1H3. The summed E-state index contributed by atoms with van der Waals surface area (Å²) in [5.41, 5.74) is 8.16. The van der Waals surface area contributed by atoms with Gasteiger partial charge in [0, 0.05) is 24.5 Å². The molecule has 3 nitrogen and oxygen atoms in total. The molecule has 1 aliphatic heterocycles. The highest BCUT2D eigenvalue weighted by Gasteiger charge is 2.75. The SMILES string of the molecule is CCC1(C(=O)N2CCCC(N)C2)CC2(c3ccccc3)CC3CCCC32C1. The average Bonchev–Trinajstić information content (AvgIpc) is 3.14. The van der Waals surface area contributed by atoms with Gasteiger partial charge >= 0.3 is 0 Å². The number of hydrogen-bond acceptors (Lipinski definition) is 2. The third-order valence-electron chi connectivity index (χ3n) is 9.00. The van der Waals surface area contributed by atoms with E-state index in [9.17, 15) is 4.79 Å². The lowest BCUT2D eigenvalue weighted by Gasteiger charge is -2.59. The van der Waals surface area contributed by atoms with Crippen LogP contribution in [0.3, 0.4) is 0 Å². The number of piperidine rings is 1. The highest BCUT2D eigenvalue weighted by atomic mass is 16.2. The Morgan fingerprint density at radius 1 is 1.19 bits per heavy atom. The summed E-state index contributed by atoms with van der Waals surface area (Å²) in [6.07, 6.45) is 10.6. The maximum Gasteiger partial charge on any atom is 0.228 e. The Hall–Kier alpha value is -1.35. The van der Waals surface area contributed by atoms with Crippen molar-refractivity contribution in [1.82, 2.24) is 4.90 Å². The van der Waals surface area contributed by atoms with Crippen LogP contribution in [0.2, 0.25) is 0 Å². The van der Waals surface area contributed by atoms with Crippen LogP contribution in [0.15, 0.2) is 30.3 Å². The van der Waals surface area contributed by atoms with Crippen molar-refractivity contribution in [1.29, 1.82) is 0 Å². The van der Waals surface area contributed by atoms with E-state index in [2.05, 4.69) is 42.2 Å². The number of rotatable bonds is 3. The first-order chi connectivity index (χ1) is 13.1. The molecule has 3 aliphatic carbocycles. The summed E-state index contributed by atoms with van der Waals surface area (Å²) in [5.74, 6) is 1.26.